The van der Waals surface area contributed by atoms with Gasteiger partial charge in [-0.3, -0.25) is 4.79 Å². The van der Waals surface area contributed by atoms with Gasteiger partial charge in [-0.2, -0.15) is 5.10 Å². The highest BCUT2D eigenvalue weighted by Gasteiger charge is 2.10. The van der Waals surface area contributed by atoms with E-state index in [1.54, 1.807) is 43.3 Å². The van der Waals surface area contributed by atoms with Gasteiger partial charge in [-0.25, -0.2) is 10.2 Å². The Hall–Kier alpha value is -2.87. The Morgan fingerprint density at radius 3 is 2.57 bits per heavy atom. The lowest BCUT2D eigenvalue weighted by Gasteiger charge is -2.12. The van der Waals surface area contributed by atoms with E-state index in [4.69, 9.17) is 14.2 Å². The van der Waals surface area contributed by atoms with Crippen LogP contribution in [0.3, 0.4) is 0 Å². The second kappa shape index (κ2) is 11.1. The van der Waals surface area contributed by atoms with E-state index in [1.807, 2.05) is 13.0 Å². The smallest absolute Gasteiger partial charge is 0.344 e. The van der Waals surface area contributed by atoms with Crippen LogP contribution >= 0.6 is 15.9 Å². The van der Waals surface area contributed by atoms with Crippen molar-refractivity contribution < 1.29 is 23.8 Å². The first-order valence-corrected chi connectivity index (χ1v) is 9.47. The summed E-state index contributed by atoms with van der Waals surface area (Å²) in [6, 6.07) is 12.2. The third-order valence-electron chi connectivity index (χ3n) is 3.42. The summed E-state index contributed by atoms with van der Waals surface area (Å²) in [6.45, 7) is 4.08. The summed E-state index contributed by atoms with van der Waals surface area (Å²) in [6.07, 6.45) is 1.49. The lowest BCUT2D eigenvalue weighted by Crippen LogP contribution is -2.18. The zero-order valence-corrected chi connectivity index (χ0v) is 17.2. The van der Waals surface area contributed by atoms with E-state index in [-0.39, 0.29) is 12.5 Å². The molecule has 28 heavy (non-hydrogen) atoms. The molecule has 0 radical (unpaired) electrons. The van der Waals surface area contributed by atoms with Crippen LogP contribution in [0, 0.1) is 0 Å². The summed E-state index contributed by atoms with van der Waals surface area (Å²) in [5.74, 6) is 0.103. The van der Waals surface area contributed by atoms with E-state index in [9.17, 15) is 9.59 Å². The number of nitrogens with one attached hydrogen (secondary N) is 1. The highest BCUT2D eigenvalue weighted by molar-refractivity contribution is 9.10. The molecule has 1 N–H and O–H groups in total. The third kappa shape index (κ3) is 6.38. The fourth-order valence-corrected chi connectivity index (χ4v) is 2.67. The molecule has 2 rings (SSSR count). The molecule has 0 saturated carbocycles. The van der Waals surface area contributed by atoms with Crippen LogP contribution in [0.25, 0.3) is 0 Å². The summed E-state index contributed by atoms with van der Waals surface area (Å²) in [5.41, 5.74) is 3.65. The Bertz CT molecular complexity index is 854. The van der Waals surface area contributed by atoms with Crippen molar-refractivity contribution in [3.05, 3.63) is 58.1 Å². The first-order valence-electron chi connectivity index (χ1n) is 8.68. The highest BCUT2D eigenvalue weighted by atomic mass is 79.9. The van der Waals surface area contributed by atoms with Crippen LogP contribution in [-0.4, -0.2) is 37.9 Å². The number of hydrogen-bond donors (Lipinski definition) is 1. The number of hydrogen-bond acceptors (Lipinski definition) is 6. The van der Waals surface area contributed by atoms with Crippen LogP contribution in [-0.2, 0) is 9.53 Å². The summed E-state index contributed by atoms with van der Waals surface area (Å²) >= 11 is 3.33. The van der Waals surface area contributed by atoms with E-state index >= 15 is 0 Å². The molecule has 148 valence electrons. The molecule has 0 unspecified atom stereocenters. The molecule has 2 aromatic rings. The maximum Gasteiger partial charge on any atom is 0.344 e. The monoisotopic (exact) mass is 448 g/mol. The number of halogens is 1. The standard InChI is InChI=1S/C20H21BrN2O5/c1-3-26-18-11-14(9-10-17(18)28-13-19(24)27-4-2)12-22-23-20(25)15-7-5-6-8-16(15)21/h5-12H,3-4,13H2,1-2H3,(H,23,25)/b22-12+. The number of amides is 1. The molecular weight excluding hydrogens is 428 g/mol. The van der Waals surface area contributed by atoms with Gasteiger partial charge in [0.25, 0.3) is 5.91 Å². The largest absolute Gasteiger partial charge is 0.490 e. The highest BCUT2D eigenvalue weighted by Crippen LogP contribution is 2.28. The van der Waals surface area contributed by atoms with Crippen molar-refractivity contribution >= 4 is 34.0 Å². The molecule has 0 fully saturated rings. The molecule has 0 heterocycles. The molecule has 0 aromatic heterocycles. The second-order valence-electron chi connectivity index (χ2n) is 5.41. The van der Waals surface area contributed by atoms with Crippen LogP contribution in [0.5, 0.6) is 11.5 Å². The van der Waals surface area contributed by atoms with E-state index in [0.29, 0.717) is 40.3 Å². The number of benzene rings is 2. The van der Waals surface area contributed by atoms with Gasteiger partial charge in [0.05, 0.1) is 25.0 Å². The van der Waals surface area contributed by atoms with Gasteiger partial charge < -0.3 is 14.2 Å². The minimum atomic E-state index is -0.453. The van der Waals surface area contributed by atoms with Crippen LogP contribution in [0.4, 0.5) is 0 Å². The van der Waals surface area contributed by atoms with Gasteiger partial charge in [0.1, 0.15) is 0 Å². The van der Waals surface area contributed by atoms with Gasteiger partial charge in [0, 0.05) is 4.47 Å². The molecule has 2 aromatic carbocycles. The van der Waals surface area contributed by atoms with E-state index in [0.717, 1.165) is 0 Å². The molecule has 0 atom stereocenters. The summed E-state index contributed by atoms with van der Waals surface area (Å²) in [7, 11) is 0. The maximum absolute atomic E-state index is 12.1. The quantitative estimate of drug-likeness (QED) is 0.360. The van der Waals surface area contributed by atoms with Gasteiger partial charge >= 0.3 is 5.97 Å². The number of esters is 1. The Labute approximate surface area is 171 Å². The minimum absolute atomic E-state index is 0.205. The van der Waals surface area contributed by atoms with Gasteiger partial charge in [-0.05, 0) is 65.7 Å². The molecule has 0 bridgehead atoms. The van der Waals surface area contributed by atoms with E-state index in [1.165, 1.54) is 6.21 Å². The summed E-state index contributed by atoms with van der Waals surface area (Å²) in [4.78, 5) is 23.6. The number of carbonyl (C=O) groups excluding carboxylic acids is 2. The van der Waals surface area contributed by atoms with Crippen molar-refractivity contribution in [3.63, 3.8) is 0 Å². The Morgan fingerprint density at radius 2 is 1.86 bits per heavy atom. The van der Waals surface area contributed by atoms with Gasteiger partial charge in [-0.1, -0.05) is 12.1 Å². The number of nitrogens with zero attached hydrogens (tertiary/aromatic N) is 1. The number of carbonyl (C=O) groups is 2. The molecular formula is C20H21BrN2O5. The van der Waals surface area contributed by atoms with Gasteiger partial charge in [0.2, 0.25) is 0 Å². The molecule has 1 amide bonds. The Kier molecular flexibility index (Phi) is 8.48. The van der Waals surface area contributed by atoms with Crippen molar-refractivity contribution in [2.75, 3.05) is 19.8 Å². The lowest BCUT2D eigenvalue weighted by molar-refractivity contribution is -0.145. The first-order chi connectivity index (χ1) is 13.5. The van der Waals surface area contributed by atoms with Crippen molar-refractivity contribution in [2.24, 2.45) is 5.10 Å². The van der Waals surface area contributed by atoms with Crippen molar-refractivity contribution in [3.8, 4) is 11.5 Å². The summed E-state index contributed by atoms with van der Waals surface area (Å²) in [5, 5.41) is 3.97. The van der Waals surface area contributed by atoms with Crippen LogP contribution in [0.15, 0.2) is 52.0 Å². The topological polar surface area (TPSA) is 86.2 Å². The number of ether oxygens (including phenoxy) is 3. The third-order valence-corrected chi connectivity index (χ3v) is 4.11. The average Bonchev–Trinajstić information content (AvgIpc) is 2.68. The van der Waals surface area contributed by atoms with E-state index < -0.39 is 5.97 Å². The van der Waals surface area contributed by atoms with Crippen LogP contribution in [0.1, 0.15) is 29.8 Å². The van der Waals surface area contributed by atoms with Crippen LogP contribution in [0.2, 0.25) is 0 Å². The second-order valence-corrected chi connectivity index (χ2v) is 6.27. The SMILES string of the molecule is CCOC(=O)COc1ccc(/C=N/NC(=O)c2ccccc2Br)cc1OCC. The van der Waals surface area contributed by atoms with Gasteiger partial charge in [-0.15, -0.1) is 0 Å². The molecule has 0 aliphatic carbocycles. The lowest BCUT2D eigenvalue weighted by atomic mass is 10.2. The molecule has 0 aliphatic rings. The Morgan fingerprint density at radius 1 is 1.07 bits per heavy atom. The molecule has 7 nitrogen and oxygen atoms in total. The van der Waals surface area contributed by atoms with Gasteiger partial charge in [0.15, 0.2) is 18.1 Å². The molecule has 0 saturated heterocycles. The van der Waals surface area contributed by atoms with Crippen molar-refractivity contribution in [1.29, 1.82) is 0 Å². The number of rotatable bonds is 9. The van der Waals surface area contributed by atoms with Crippen molar-refractivity contribution in [1.82, 2.24) is 5.43 Å². The normalized spacial score (nSPS) is 10.5. The average molecular weight is 449 g/mol. The Balaban J connectivity index is 2.04. The number of hydrazone groups is 1. The van der Waals surface area contributed by atoms with Crippen LogP contribution < -0.4 is 14.9 Å². The van der Waals surface area contributed by atoms with E-state index in [2.05, 4.69) is 26.5 Å². The zero-order valence-electron chi connectivity index (χ0n) is 15.6. The maximum atomic E-state index is 12.1. The van der Waals surface area contributed by atoms with Crippen molar-refractivity contribution in [2.45, 2.75) is 13.8 Å². The minimum Gasteiger partial charge on any atom is -0.490 e. The summed E-state index contributed by atoms with van der Waals surface area (Å²) < 4.78 is 16.5. The fraction of sp³-hybridized carbons (Fsp3) is 0.250. The first kappa shape index (κ1) is 21.4. The predicted octanol–water partition coefficient (Wildman–Crippen LogP) is 3.55. The fourth-order valence-electron chi connectivity index (χ4n) is 2.20. The molecule has 8 heteroatoms. The molecule has 0 aliphatic heterocycles. The predicted molar refractivity (Wildman–Crippen MR) is 109 cm³/mol. The zero-order chi connectivity index (χ0) is 20.4. The molecule has 0 spiro atoms.